The minimum atomic E-state index is -1.53. The number of nitrogens with one attached hydrogen (secondary N) is 2. The highest BCUT2D eigenvalue weighted by atomic mass is 32.2. The molecule has 2 heterocycles. The van der Waals surface area contributed by atoms with Gasteiger partial charge in [-0.3, -0.25) is 4.31 Å². The van der Waals surface area contributed by atoms with Crippen LogP contribution in [0.4, 0.5) is 23.0 Å². The first-order valence-electron chi connectivity index (χ1n) is 14.3. The second-order valence-electron chi connectivity index (χ2n) is 12.0. The number of aromatic nitrogens is 2. The van der Waals surface area contributed by atoms with E-state index in [9.17, 15) is 0 Å². The molecule has 0 spiro atoms. The average Bonchev–Trinajstić information content (AvgIpc) is 2.97. The molecule has 1 aliphatic rings. The van der Waals surface area contributed by atoms with E-state index in [-0.39, 0.29) is 5.41 Å². The van der Waals surface area contributed by atoms with Gasteiger partial charge in [-0.25, -0.2) is 9.97 Å². The molecule has 0 unspecified atom stereocenters. The van der Waals surface area contributed by atoms with E-state index in [1.807, 2.05) is 37.3 Å². The van der Waals surface area contributed by atoms with Crippen LogP contribution in [0.25, 0.3) is 11.3 Å². The molecule has 0 bridgehead atoms. The molecule has 0 atom stereocenters. The molecule has 4 aromatic rings. The summed E-state index contributed by atoms with van der Waals surface area (Å²) in [7, 11) is -1.53. The van der Waals surface area contributed by atoms with Gasteiger partial charge in [-0.1, -0.05) is 63.4 Å². The molecule has 0 aliphatic carbocycles. The maximum atomic E-state index is 4.73. The topological polar surface area (TPSA) is 56.3 Å². The van der Waals surface area contributed by atoms with Gasteiger partial charge in [-0.15, -0.1) is 9.39 Å². The number of nitrogens with zero attached hydrogens (tertiary/aromatic N) is 4. The summed E-state index contributed by atoms with van der Waals surface area (Å²) < 4.78 is 2.47. The molecule has 0 saturated carbocycles. The fourth-order valence-corrected chi connectivity index (χ4v) is 6.89. The number of hydrogen-bond acceptors (Lipinski definition) is 6. The number of anilines is 4. The Hall–Kier alpha value is -4.07. The number of rotatable bonds is 8. The lowest BCUT2D eigenvalue weighted by Gasteiger charge is -2.40. The highest BCUT2D eigenvalue weighted by Gasteiger charge is 2.22. The van der Waals surface area contributed by atoms with Crippen LogP contribution in [-0.2, 0) is 5.41 Å². The van der Waals surface area contributed by atoms with Gasteiger partial charge < -0.3 is 15.5 Å². The highest BCUT2D eigenvalue weighted by molar-refractivity contribution is 8.25. The predicted molar refractivity (Wildman–Crippen MR) is 185 cm³/mol. The van der Waals surface area contributed by atoms with Crippen molar-refractivity contribution in [3.63, 3.8) is 0 Å². The summed E-state index contributed by atoms with van der Waals surface area (Å²) in [6, 6.07) is 27.5. The Bertz CT molecular complexity index is 1630. The van der Waals surface area contributed by atoms with Crippen molar-refractivity contribution in [1.29, 1.82) is 0 Å². The van der Waals surface area contributed by atoms with Gasteiger partial charge in [0.15, 0.2) is 0 Å². The monoisotopic (exact) mass is 578 g/mol. The first-order chi connectivity index (χ1) is 20.0. The third-order valence-corrected chi connectivity index (χ3v) is 10.1. The zero-order valence-corrected chi connectivity index (χ0v) is 26.0. The second-order valence-corrected chi connectivity index (χ2v) is 14.6. The van der Waals surface area contributed by atoms with E-state index in [1.54, 1.807) is 6.20 Å². The molecule has 1 fully saturated rings. The molecule has 1 aromatic heterocycles. The Morgan fingerprint density at radius 3 is 2.02 bits per heavy atom. The molecular weight excluding hydrogens is 536 g/mol. The molecule has 42 heavy (non-hydrogen) atoms. The van der Waals surface area contributed by atoms with Crippen molar-refractivity contribution in [3.05, 3.63) is 103 Å². The number of benzene rings is 3. The maximum Gasteiger partial charge on any atom is 0.227 e. The van der Waals surface area contributed by atoms with E-state index in [2.05, 4.69) is 112 Å². The van der Waals surface area contributed by atoms with Crippen LogP contribution in [0.5, 0.6) is 0 Å². The van der Waals surface area contributed by atoms with Crippen molar-refractivity contribution in [1.82, 2.24) is 14.3 Å². The molecule has 6 nitrogen and oxygen atoms in total. The number of hydrogen-bond donors (Lipinski definition) is 2. The van der Waals surface area contributed by atoms with E-state index in [0.717, 1.165) is 54.5 Å². The van der Waals surface area contributed by atoms with Crippen LogP contribution >= 0.6 is 9.39 Å². The Morgan fingerprint density at radius 2 is 1.43 bits per heavy atom. The lowest BCUT2D eigenvalue weighted by molar-refractivity contribution is 0.427. The lowest BCUT2D eigenvalue weighted by atomic mass is 9.87. The molecular formula is C35H42N6S. The average molecular weight is 579 g/mol. The van der Waals surface area contributed by atoms with Crippen molar-refractivity contribution in [3.8, 4) is 11.3 Å². The Kier molecular flexibility index (Phi) is 8.43. The zero-order valence-electron chi connectivity index (χ0n) is 25.2. The molecule has 1 saturated heterocycles. The molecule has 1 aliphatic heterocycles. The summed E-state index contributed by atoms with van der Waals surface area (Å²) in [5.41, 5.74) is 7.44. The van der Waals surface area contributed by atoms with Crippen LogP contribution in [0.1, 0.15) is 33.3 Å². The molecule has 3 aromatic carbocycles. The largest absolute Gasteiger partial charge is 0.369 e. The summed E-state index contributed by atoms with van der Waals surface area (Å²) in [5, 5.41) is 6.58. The van der Waals surface area contributed by atoms with Gasteiger partial charge in [0.25, 0.3) is 0 Å². The van der Waals surface area contributed by atoms with Gasteiger partial charge in [0.05, 0.1) is 5.69 Å². The van der Waals surface area contributed by atoms with Crippen molar-refractivity contribution in [2.75, 3.05) is 41.7 Å². The highest BCUT2D eigenvalue weighted by Crippen LogP contribution is 2.38. The van der Waals surface area contributed by atoms with Crippen molar-refractivity contribution in [2.45, 2.75) is 38.0 Å². The van der Waals surface area contributed by atoms with Crippen molar-refractivity contribution < 1.29 is 0 Å². The molecule has 2 N–H and O–H groups in total. The van der Waals surface area contributed by atoms with E-state index >= 15 is 0 Å². The van der Waals surface area contributed by atoms with Crippen LogP contribution in [-0.4, -0.2) is 52.2 Å². The normalized spacial score (nSPS) is 14.4. The van der Waals surface area contributed by atoms with Gasteiger partial charge in [-0.05, 0) is 72.5 Å². The first kappa shape index (κ1) is 29.4. The fourth-order valence-electron chi connectivity index (χ4n) is 5.09. The third-order valence-electron chi connectivity index (χ3n) is 7.57. The predicted octanol–water partition coefficient (Wildman–Crippen LogP) is 7.89. The van der Waals surface area contributed by atoms with E-state index in [1.165, 1.54) is 16.1 Å². The van der Waals surface area contributed by atoms with Gasteiger partial charge in [0, 0.05) is 65.6 Å². The third kappa shape index (κ3) is 6.86. The minimum absolute atomic E-state index is 0.141. The van der Waals surface area contributed by atoms with Crippen molar-refractivity contribution >= 4 is 44.1 Å². The SMILES string of the molecule is C=C(C)Nc1ccc(-c2ccnc(Nc3ccc(N4CCN(S(=C)(=C)c5ccc(C(C)(C)C)cc5)CC4)cc3)n2)cc1. The van der Waals surface area contributed by atoms with E-state index < -0.39 is 9.39 Å². The Morgan fingerprint density at radius 1 is 0.810 bits per heavy atom. The smallest absolute Gasteiger partial charge is 0.227 e. The van der Waals surface area contributed by atoms with Crippen LogP contribution in [0.2, 0.25) is 0 Å². The van der Waals surface area contributed by atoms with Crippen LogP contribution in [0.15, 0.2) is 102 Å². The van der Waals surface area contributed by atoms with E-state index in [0.29, 0.717) is 5.95 Å². The summed E-state index contributed by atoms with van der Waals surface area (Å²) >= 11 is 0. The molecule has 0 amide bonds. The summed E-state index contributed by atoms with van der Waals surface area (Å²) in [5.74, 6) is 9.76. The zero-order chi connectivity index (χ0) is 29.9. The summed E-state index contributed by atoms with van der Waals surface area (Å²) in [4.78, 5) is 12.8. The fraction of sp³-hybridized carbons (Fsp3) is 0.257. The van der Waals surface area contributed by atoms with Crippen LogP contribution in [0, 0.1) is 0 Å². The standard InChI is InChI=1S/C35H42N6S/c1-26(2)37-29-12-8-27(9-13-29)33-20-21-36-34(39-33)38-30-14-16-31(17-15-30)40-22-24-41(25-23-40)42(6,7)32-18-10-28(11-19-32)35(3,4)5/h8-21,37H,1,6-7,22-25H2,2-5H3,(H,36,38,39). The van der Waals surface area contributed by atoms with Gasteiger partial charge in [-0.2, -0.15) is 0 Å². The summed E-state index contributed by atoms with van der Waals surface area (Å²) in [6.45, 7) is 16.3. The summed E-state index contributed by atoms with van der Waals surface area (Å²) in [6.07, 6.45) is 1.78. The first-order valence-corrected chi connectivity index (χ1v) is 16.2. The van der Waals surface area contributed by atoms with Gasteiger partial charge in [0.2, 0.25) is 5.95 Å². The quantitative estimate of drug-likeness (QED) is 0.207. The van der Waals surface area contributed by atoms with Gasteiger partial charge >= 0.3 is 0 Å². The maximum absolute atomic E-state index is 4.73. The van der Waals surface area contributed by atoms with Crippen molar-refractivity contribution in [2.24, 2.45) is 0 Å². The number of piperazine rings is 1. The molecule has 218 valence electrons. The lowest BCUT2D eigenvalue weighted by Crippen LogP contribution is -2.44. The van der Waals surface area contributed by atoms with Gasteiger partial charge in [0.1, 0.15) is 0 Å². The van der Waals surface area contributed by atoms with Crippen LogP contribution in [0.3, 0.4) is 0 Å². The molecule has 0 radical (unpaired) electrons. The minimum Gasteiger partial charge on any atom is -0.369 e. The second kappa shape index (κ2) is 12.0. The Balaban J connectivity index is 1.19. The number of allylic oxidation sites excluding steroid dienone is 1. The molecule has 7 heteroatoms. The van der Waals surface area contributed by atoms with E-state index in [4.69, 9.17) is 4.98 Å². The van der Waals surface area contributed by atoms with Crippen LogP contribution < -0.4 is 15.5 Å². The Labute approximate surface area is 251 Å². The molecule has 5 rings (SSSR count).